The van der Waals surface area contributed by atoms with Gasteiger partial charge in [-0.25, -0.2) is 4.79 Å². The van der Waals surface area contributed by atoms with E-state index in [1.54, 1.807) is 0 Å². The van der Waals surface area contributed by atoms with Gasteiger partial charge in [0.2, 0.25) is 0 Å². The molecule has 0 aromatic rings. The van der Waals surface area contributed by atoms with Crippen LogP contribution in [0.2, 0.25) is 0 Å². The van der Waals surface area contributed by atoms with E-state index in [4.69, 9.17) is 0 Å². The quantitative estimate of drug-likeness (QED) is 0.675. The topological polar surface area (TPSA) is 53.2 Å². The van der Waals surface area contributed by atoms with Gasteiger partial charge in [0, 0.05) is 13.1 Å². The van der Waals surface area contributed by atoms with E-state index < -0.39 is 17.6 Å². The number of urea groups is 1. The third kappa shape index (κ3) is 4.56. The highest BCUT2D eigenvalue weighted by molar-refractivity contribution is 5.73. The third-order valence-corrected chi connectivity index (χ3v) is 3.57. The minimum atomic E-state index is -4.29. The highest BCUT2D eigenvalue weighted by Crippen LogP contribution is 2.44. The first-order chi connectivity index (χ1) is 8.91. The number of unbranched alkanes of at least 4 members (excludes halogenated alkanes) is 1. The number of carbonyl (C=O) groups is 1. The van der Waals surface area contributed by atoms with E-state index in [9.17, 15) is 18.0 Å². The molecule has 0 aliphatic carbocycles. The lowest BCUT2D eigenvalue weighted by molar-refractivity contribution is -0.229. The minimum absolute atomic E-state index is 0.00569. The Bertz CT molecular complexity index is 288. The molecule has 0 aromatic heterocycles. The van der Waals surface area contributed by atoms with Crippen LogP contribution >= 0.6 is 0 Å². The van der Waals surface area contributed by atoms with Crippen molar-refractivity contribution in [3.8, 4) is 0 Å². The van der Waals surface area contributed by atoms with E-state index in [0.29, 0.717) is 19.6 Å². The average molecular weight is 281 g/mol. The van der Waals surface area contributed by atoms with E-state index >= 15 is 0 Å². The number of amides is 2. The van der Waals surface area contributed by atoms with Crippen molar-refractivity contribution in [3.05, 3.63) is 0 Å². The molecule has 1 rings (SSSR count). The first kappa shape index (κ1) is 16.1. The molecule has 112 valence electrons. The van der Waals surface area contributed by atoms with E-state index in [2.05, 4.69) is 16.0 Å². The van der Waals surface area contributed by atoms with Gasteiger partial charge >= 0.3 is 12.2 Å². The van der Waals surface area contributed by atoms with Crippen LogP contribution in [-0.4, -0.2) is 38.4 Å². The molecule has 0 spiro atoms. The Balaban J connectivity index is 2.48. The smallest absolute Gasteiger partial charge is 0.338 e. The van der Waals surface area contributed by atoms with Gasteiger partial charge < -0.3 is 16.0 Å². The third-order valence-electron chi connectivity index (χ3n) is 3.57. The number of piperidine rings is 1. The van der Waals surface area contributed by atoms with Crippen LogP contribution in [0, 0.1) is 5.41 Å². The lowest BCUT2D eigenvalue weighted by Gasteiger charge is -2.39. The SMILES string of the molecule is CCCCNC(=O)NCC1(C(F)(F)F)CCNCC1. The molecule has 0 unspecified atom stereocenters. The van der Waals surface area contributed by atoms with E-state index in [0.717, 1.165) is 12.8 Å². The van der Waals surface area contributed by atoms with Gasteiger partial charge in [0.1, 0.15) is 0 Å². The Morgan fingerprint density at radius 3 is 2.42 bits per heavy atom. The highest BCUT2D eigenvalue weighted by atomic mass is 19.4. The molecule has 19 heavy (non-hydrogen) atoms. The fourth-order valence-electron chi connectivity index (χ4n) is 2.16. The lowest BCUT2D eigenvalue weighted by atomic mass is 9.78. The summed E-state index contributed by atoms with van der Waals surface area (Å²) in [6.07, 6.45) is -2.52. The molecule has 0 aromatic carbocycles. The minimum Gasteiger partial charge on any atom is -0.338 e. The maximum atomic E-state index is 13.2. The lowest BCUT2D eigenvalue weighted by Crippen LogP contribution is -2.54. The summed E-state index contributed by atoms with van der Waals surface area (Å²) in [5, 5.41) is 7.83. The van der Waals surface area contributed by atoms with Crippen LogP contribution in [-0.2, 0) is 0 Å². The number of hydrogen-bond acceptors (Lipinski definition) is 2. The largest absolute Gasteiger partial charge is 0.396 e. The Labute approximate surface area is 111 Å². The molecule has 1 fully saturated rings. The van der Waals surface area contributed by atoms with E-state index in [1.807, 2.05) is 6.92 Å². The van der Waals surface area contributed by atoms with Crippen LogP contribution in [0.3, 0.4) is 0 Å². The highest BCUT2D eigenvalue weighted by Gasteiger charge is 2.54. The standard InChI is InChI=1S/C12H22F3N3O/c1-2-3-6-17-10(19)18-9-11(12(13,14)15)4-7-16-8-5-11/h16H,2-9H2,1H3,(H2,17,18,19). The number of alkyl halides is 3. The summed E-state index contributed by atoms with van der Waals surface area (Å²) in [7, 11) is 0. The molecular weight excluding hydrogens is 259 g/mol. The van der Waals surface area contributed by atoms with Crippen molar-refractivity contribution in [2.75, 3.05) is 26.2 Å². The summed E-state index contributed by atoms with van der Waals surface area (Å²) in [4.78, 5) is 11.4. The number of rotatable bonds is 5. The van der Waals surface area contributed by atoms with Crippen molar-refractivity contribution in [2.45, 2.75) is 38.8 Å². The monoisotopic (exact) mass is 281 g/mol. The molecule has 7 heteroatoms. The molecule has 1 saturated heterocycles. The zero-order valence-electron chi connectivity index (χ0n) is 11.2. The molecule has 3 N–H and O–H groups in total. The predicted molar refractivity (Wildman–Crippen MR) is 66.9 cm³/mol. The summed E-state index contributed by atoms with van der Waals surface area (Å²) in [6.45, 7) is 2.78. The molecule has 0 atom stereocenters. The zero-order valence-corrected chi connectivity index (χ0v) is 11.2. The van der Waals surface area contributed by atoms with Crippen molar-refractivity contribution in [1.82, 2.24) is 16.0 Å². The van der Waals surface area contributed by atoms with Gasteiger partial charge in [0.15, 0.2) is 0 Å². The van der Waals surface area contributed by atoms with Crippen LogP contribution in [0.25, 0.3) is 0 Å². The summed E-state index contributed by atoms with van der Waals surface area (Å²) in [5.74, 6) is 0. The van der Waals surface area contributed by atoms with E-state index in [1.165, 1.54) is 0 Å². The first-order valence-corrected chi connectivity index (χ1v) is 6.70. The van der Waals surface area contributed by atoms with Crippen LogP contribution in [0.1, 0.15) is 32.6 Å². The Kier molecular flexibility index (Phi) is 5.90. The van der Waals surface area contributed by atoms with Gasteiger partial charge in [0.05, 0.1) is 5.41 Å². The van der Waals surface area contributed by atoms with Crippen LogP contribution in [0.5, 0.6) is 0 Å². The van der Waals surface area contributed by atoms with Gasteiger partial charge in [-0.15, -0.1) is 0 Å². The second-order valence-corrected chi connectivity index (χ2v) is 4.99. The Morgan fingerprint density at radius 1 is 1.26 bits per heavy atom. The predicted octanol–water partition coefficient (Wildman–Crippen LogP) is 2.02. The van der Waals surface area contributed by atoms with Crippen molar-refractivity contribution in [3.63, 3.8) is 0 Å². The molecule has 0 bridgehead atoms. The first-order valence-electron chi connectivity index (χ1n) is 6.70. The molecule has 1 aliphatic rings. The van der Waals surface area contributed by atoms with Crippen LogP contribution in [0.4, 0.5) is 18.0 Å². The van der Waals surface area contributed by atoms with Gasteiger partial charge in [-0.05, 0) is 32.4 Å². The van der Waals surface area contributed by atoms with Gasteiger partial charge in [-0.1, -0.05) is 13.3 Å². The Hall–Kier alpha value is -0.980. The molecule has 1 heterocycles. The summed E-state index contributed by atoms with van der Waals surface area (Å²) in [5.41, 5.74) is -1.79. The summed E-state index contributed by atoms with van der Waals surface area (Å²) >= 11 is 0. The normalized spacial score (nSPS) is 18.9. The average Bonchev–Trinajstić information content (AvgIpc) is 2.36. The van der Waals surface area contributed by atoms with E-state index in [-0.39, 0.29) is 19.4 Å². The Morgan fingerprint density at radius 2 is 1.89 bits per heavy atom. The molecule has 4 nitrogen and oxygen atoms in total. The maximum Gasteiger partial charge on any atom is 0.396 e. The van der Waals surface area contributed by atoms with Crippen LogP contribution < -0.4 is 16.0 Å². The number of nitrogens with one attached hydrogen (secondary N) is 3. The molecule has 0 radical (unpaired) electrons. The molecular formula is C12H22F3N3O. The number of carbonyl (C=O) groups excluding carboxylic acids is 1. The number of hydrogen-bond donors (Lipinski definition) is 3. The van der Waals surface area contributed by atoms with Crippen molar-refractivity contribution < 1.29 is 18.0 Å². The fourth-order valence-corrected chi connectivity index (χ4v) is 2.16. The van der Waals surface area contributed by atoms with Gasteiger partial charge in [-0.2, -0.15) is 13.2 Å². The molecule has 0 saturated carbocycles. The summed E-state index contributed by atoms with van der Waals surface area (Å²) < 4.78 is 39.5. The van der Waals surface area contributed by atoms with Crippen molar-refractivity contribution in [1.29, 1.82) is 0 Å². The molecule has 2 amide bonds. The van der Waals surface area contributed by atoms with Crippen molar-refractivity contribution >= 4 is 6.03 Å². The second kappa shape index (κ2) is 6.98. The maximum absolute atomic E-state index is 13.2. The van der Waals surface area contributed by atoms with Crippen LogP contribution in [0.15, 0.2) is 0 Å². The van der Waals surface area contributed by atoms with Crippen molar-refractivity contribution in [2.24, 2.45) is 5.41 Å². The zero-order chi connectivity index (χ0) is 14.4. The number of halogens is 3. The summed E-state index contributed by atoms with van der Waals surface area (Å²) in [6, 6.07) is -0.518. The van der Waals surface area contributed by atoms with Gasteiger partial charge in [0.25, 0.3) is 0 Å². The molecule has 1 aliphatic heterocycles. The second-order valence-electron chi connectivity index (χ2n) is 4.99. The van der Waals surface area contributed by atoms with Gasteiger partial charge in [-0.3, -0.25) is 0 Å². The fraction of sp³-hybridized carbons (Fsp3) is 0.917.